The highest BCUT2D eigenvalue weighted by atomic mass is 14.9. The summed E-state index contributed by atoms with van der Waals surface area (Å²) >= 11 is 0. The minimum Gasteiger partial charge on any atom is -0.314 e. The minimum absolute atomic E-state index is 0.144. The molecule has 1 fully saturated rings. The van der Waals surface area contributed by atoms with Gasteiger partial charge in [0.15, 0.2) is 0 Å². The van der Waals surface area contributed by atoms with E-state index in [2.05, 4.69) is 25.2 Å². The third kappa shape index (κ3) is 4.68. The first-order chi connectivity index (χ1) is 7.96. The predicted molar refractivity (Wildman–Crippen MR) is 72.6 cm³/mol. The minimum atomic E-state index is -0.144. The zero-order valence-corrected chi connectivity index (χ0v) is 11.9. The molecule has 0 aromatic heterocycles. The van der Waals surface area contributed by atoms with E-state index in [4.69, 9.17) is 5.26 Å². The van der Waals surface area contributed by atoms with E-state index in [1.165, 1.54) is 19.3 Å². The molecule has 1 N–H and O–H groups in total. The Morgan fingerprint density at radius 2 is 1.94 bits per heavy atom. The van der Waals surface area contributed by atoms with Gasteiger partial charge in [0.2, 0.25) is 0 Å². The first kappa shape index (κ1) is 14.5. The van der Waals surface area contributed by atoms with Crippen LogP contribution < -0.4 is 5.32 Å². The van der Waals surface area contributed by atoms with Gasteiger partial charge in [-0.3, -0.25) is 0 Å². The fraction of sp³-hybridized carbons (Fsp3) is 0.933. The fourth-order valence-electron chi connectivity index (χ4n) is 2.69. The van der Waals surface area contributed by atoms with Crippen LogP contribution in [0.15, 0.2) is 0 Å². The van der Waals surface area contributed by atoms with Crippen LogP contribution in [-0.4, -0.2) is 12.6 Å². The maximum atomic E-state index is 8.92. The Bertz CT molecular complexity index is 265. The van der Waals surface area contributed by atoms with Gasteiger partial charge >= 0.3 is 0 Å². The summed E-state index contributed by atoms with van der Waals surface area (Å²) in [5.41, 5.74) is -0.144. The van der Waals surface area contributed by atoms with Crippen molar-refractivity contribution in [3.05, 3.63) is 0 Å². The third-order valence-corrected chi connectivity index (χ3v) is 4.40. The number of hydrogen-bond donors (Lipinski definition) is 1. The summed E-state index contributed by atoms with van der Waals surface area (Å²) in [7, 11) is 0. The molecule has 0 amide bonds. The Kier molecular flexibility index (Phi) is 5.46. The van der Waals surface area contributed by atoms with Gasteiger partial charge in [-0.05, 0) is 57.9 Å². The number of nitrogens with one attached hydrogen (secondary N) is 1. The molecule has 1 aliphatic carbocycles. The molecule has 0 heterocycles. The Morgan fingerprint density at radius 1 is 1.24 bits per heavy atom. The van der Waals surface area contributed by atoms with Gasteiger partial charge in [-0.15, -0.1) is 0 Å². The van der Waals surface area contributed by atoms with Gasteiger partial charge in [0.05, 0.1) is 11.5 Å². The zero-order valence-electron chi connectivity index (χ0n) is 11.9. The predicted octanol–water partition coefficient (Wildman–Crippen LogP) is 3.73. The molecule has 17 heavy (non-hydrogen) atoms. The van der Waals surface area contributed by atoms with Crippen molar-refractivity contribution in [2.45, 2.75) is 65.8 Å². The van der Waals surface area contributed by atoms with E-state index in [1.54, 1.807) is 0 Å². The molecule has 0 aromatic rings. The number of nitrogens with zero attached hydrogens (tertiary/aromatic N) is 1. The topological polar surface area (TPSA) is 35.8 Å². The van der Waals surface area contributed by atoms with Crippen molar-refractivity contribution in [3.8, 4) is 6.07 Å². The second kappa shape index (κ2) is 6.40. The molecule has 3 atom stereocenters. The van der Waals surface area contributed by atoms with E-state index < -0.39 is 0 Å². The van der Waals surface area contributed by atoms with Crippen molar-refractivity contribution in [2.75, 3.05) is 6.54 Å². The molecular weight excluding hydrogens is 208 g/mol. The molecule has 3 unspecified atom stereocenters. The van der Waals surface area contributed by atoms with Crippen LogP contribution in [0.1, 0.15) is 59.8 Å². The van der Waals surface area contributed by atoms with Crippen LogP contribution in [-0.2, 0) is 0 Å². The van der Waals surface area contributed by atoms with Gasteiger partial charge in [0.25, 0.3) is 0 Å². The SMILES string of the molecule is CC1CCC(NCCCCC(C)(C)C#N)C1C. The highest BCUT2D eigenvalue weighted by molar-refractivity contribution is 4.91. The molecule has 1 saturated carbocycles. The highest BCUT2D eigenvalue weighted by Crippen LogP contribution is 2.31. The van der Waals surface area contributed by atoms with Crippen LogP contribution in [0.3, 0.4) is 0 Å². The first-order valence-electron chi connectivity index (χ1n) is 7.11. The van der Waals surface area contributed by atoms with E-state index in [-0.39, 0.29) is 5.41 Å². The lowest BCUT2D eigenvalue weighted by Gasteiger charge is -2.20. The Labute approximate surface area is 107 Å². The second-order valence-electron chi connectivity index (χ2n) is 6.43. The molecule has 0 radical (unpaired) electrons. The standard InChI is InChI=1S/C15H28N2/c1-12-7-8-14(13(12)2)17-10-6-5-9-15(3,4)11-16/h12-14,17H,5-10H2,1-4H3. The number of rotatable bonds is 6. The van der Waals surface area contributed by atoms with Gasteiger partial charge in [0.1, 0.15) is 0 Å². The Hall–Kier alpha value is -0.550. The van der Waals surface area contributed by atoms with E-state index in [1.807, 2.05) is 13.8 Å². The van der Waals surface area contributed by atoms with Crippen molar-refractivity contribution < 1.29 is 0 Å². The number of nitriles is 1. The summed E-state index contributed by atoms with van der Waals surface area (Å²) < 4.78 is 0. The van der Waals surface area contributed by atoms with Crippen LogP contribution in [0.25, 0.3) is 0 Å². The van der Waals surface area contributed by atoms with Crippen LogP contribution in [0.2, 0.25) is 0 Å². The summed E-state index contributed by atoms with van der Waals surface area (Å²) in [6.07, 6.45) is 6.08. The van der Waals surface area contributed by atoms with Crippen LogP contribution in [0, 0.1) is 28.6 Å². The average molecular weight is 236 g/mol. The molecule has 0 aromatic carbocycles. The van der Waals surface area contributed by atoms with Crippen LogP contribution in [0.4, 0.5) is 0 Å². The lowest BCUT2D eigenvalue weighted by atomic mass is 9.89. The summed E-state index contributed by atoms with van der Waals surface area (Å²) in [4.78, 5) is 0. The van der Waals surface area contributed by atoms with Crippen molar-refractivity contribution >= 4 is 0 Å². The lowest BCUT2D eigenvalue weighted by molar-refractivity contribution is 0.361. The molecule has 1 rings (SSSR count). The van der Waals surface area contributed by atoms with Gasteiger partial charge in [0, 0.05) is 6.04 Å². The summed E-state index contributed by atoms with van der Waals surface area (Å²) in [6, 6.07) is 3.10. The Balaban J connectivity index is 2.08. The van der Waals surface area contributed by atoms with E-state index in [9.17, 15) is 0 Å². The van der Waals surface area contributed by atoms with Crippen molar-refractivity contribution in [1.82, 2.24) is 5.32 Å². The smallest absolute Gasteiger partial charge is 0.0683 e. The molecular formula is C15H28N2. The largest absolute Gasteiger partial charge is 0.314 e. The fourth-order valence-corrected chi connectivity index (χ4v) is 2.69. The maximum absolute atomic E-state index is 8.92. The summed E-state index contributed by atoms with van der Waals surface area (Å²) in [5, 5.41) is 12.6. The molecule has 0 saturated heterocycles. The van der Waals surface area contributed by atoms with Crippen LogP contribution >= 0.6 is 0 Å². The third-order valence-electron chi connectivity index (χ3n) is 4.40. The Morgan fingerprint density at radius 3 is 2.47 bits per heavy atom. The molecule has 98 valence electrons. The summed E-state index contributed by atoms with van der Waals surface area (Å²) in [5.74, 6) is 1.70. The molecule has 0 bridgehead atoms. The highest BCUT2D eigenvalue weighted by Gasteiger charge is 2.28. The molecule has 0 aliphatic heterocycles. The van der Waals surface area contributed by atoms with Crippen molar-refractivity contribution in [1.29, 1.82) is 5.26 Å². The van der Waals surface area contributed by atoms with Crippen molar-refractivity contribution in [3.63, 3.8) is 0 Å². The number of hydrogen-bond acceptors (Lipinski definition) is 2. The quantitative estimate of drug-likeness (QED) is 0.713. The van der Waals surface area contributed by atoms with Gasteiger partial charge in [-0.2, -0.15) is 5.26 Å². The van der Waals surface area contributed by atoms with E-state index in [0.29, 0.717) is 0 Å². The molecule has 0 spiro atoms. The molecule has 2 nitrogen and oxygen atoms in total. The maximum Gasteiger partial charge on any atom is 0.0683 e. The second-order valence-corrected chi connectivity index (χ2v) is 6.43. The molecule has 2 heteroatoms. The number of unbranched alkanes of at least 4 members (excludes halogenated alkanes) is 1. The van der Waals surface area contributed by atoms with E-state index >= 15 is 0 Å². The van der Waals surface area contributed by atoms with E-state index in [0.717, 1.165) is 37.3 Å². The van der Waals surface area contributed by atoms with Gasteiger partial charge < -0.3 is 5.32 Å². The van der Waals surface area contributed by atoms with Gasteiger partial charge in [-0.1, -0.05) is 20.3 Å². The first-order valence-corrected chi connectivity index (χ1v) is 7.11. The lowest BCUT2D eigenvalue weighted by Crippen LogP contribution is -2.33. The average Bonchev–Trinajstić information content (AvgIpc) is 2.60. The van der Waals surface area contributed by atoms with Gasteiger partial charge in [-0.25, -0.2) is 0 Å². The zero-order chi connectivity index (χ0) is 12.9. The molecule has 1 aliphatic rings. The monoisotopic (exact) mass is 236 g/mol. The van der Waals surface area contributed by atoms with Crippen molar-refractivity contribution in [2.24, 2.45) is 17.3 Å². The summed E-state index contributed by atoms with van der Waals surface area (Å²) in [6.45, 7) is 9.90. The van der Waals surface area contributed by atoms with Crippen LogP contribution in [0.5, 0.6) is 0 Å². The normalized spacial score (nSPS) is 29.2.